The van der Waals surface area contributed by atoms with Crippen LogP contribution < -0.4 is 0 Å². The zero-order valence-electron chi connectivity index (χ0n) is 21.7. The SMILES string of the molecule is C[C@H](CCC[C@@H](C)[C@H]1CC[C@H]2[C@@H]3CC=C4CCCC[C@]4(C)[C@H]3CC[C@]12C)COC(=O)C(F)(F)F. The van der Waals surface area contributed by atoms with Crippen molar-refractivity contribution in [2.75, 3.05) is 6.61 Å². The van der Waals surface area contributed by atoms with Gasteiger partial charge in [0.15, 0.2) is 0 Å². The van der Waals surface area contributed by atoms with Crippen LogP contribution in [-0.4, -0.2) is 18.8 Å². The summed E-state index contributed by atoms with van der Waals surface area (Å²) in [6.45, 7) is 9.30. The van der Waals surface area contributed by atoms with Gasteiger partial charge in [0, 0.05) is 0 Å². The standard InChI is InChI=1S/C29H45F3O2/c1-19(18-34-26(33)29(30,31)32)8-7-9-20(2)23-13-14-24-22-12-11-21-10-5-6-16-27(21,3)25(22)15-17-28(23,24)4/h11,19-20,22-25H,5-10,12-18H2,1-4H3/t19-,20-,22+,23-,24+,25+,27+,28-/m1/s1. The molecule has 5 heteroatoms. The largest absolute Gasteiger partial charge is 0.490 e. The molecule has 0 aromatic heterocycles. The van der Waals surface area contributed by atoms with E-state index < -0.39 is 12.1 Å². The molecule has 194 valence electrons. The van der Waals surface area contributed by atoms with Gasteiger partial charge >= 0.3 is 12.1 Å². The second-order valence-electron chi connectivity index (χ2n) is 12.8. The van der Waals surface area contributed by atoms with Gasteiger partial charge in [0.2, 0.25) is 0 Å². The number of rotatable bonds is 7. The summed E-state index contributed by atoms with van der Waals surface area (Å²) in [7, 11) is 0. The van der Waals surface area contributed by atoms with Gasteiger partial charge in [0.1, 0.15) is 0 Å². The third-order valence-electron chi connectivity index (χ3n) is 10.9. The summed E-state index contributed by atoms with van der Waals surface area (Å²) in [5.74, 6) is 1.85. The second kappa shape index (κ2) is 9.81. The lowest BCUT2D eigenvalue weighted by Crippen LogP contribution is -2.50. The minimum atomic E-state index is -4.90. The molecule has 0 heterocycles. The fraction of sp³-hybridized carbons (Fsp3) is 0.897. The van der Waals surface area contributed by atoms with E-state index in [1.165, 1.54) is 57.8 Å². The molecule has 4 aliphatic carbocycles. The predicted molar refractivity (Wildman–Crippen MR) is 129 cm³/mol. The van der Waals surface area contributed by atoms with Gasteiger partial charge in [-0.25, -0.2) is 4.79 Å². The Morgan fingerprint density at radius 3 is 2.59 bits per heavy atom. The monoisotopic (exact) mass is 482 g/mol. The Bertz CT molecular complexity index is 774. The first-order chi connectivity index (χ1) is 16.0. The van der Waals surface area contributed by atoms with Crippen LogP contribution in [0.5, 0.6) is 0 Å². The van der Waals surface area contributed by atoms with Crippen LogP contribution in [-0.2, 0) is 9.53 Å². The smallest absolute Gasteiger partial charge is 0.459 e. The molecule has 0 spiro atoms. The predicted octanol–water partition coefficient (Wildman–Crippen LogP) is 8.50. The summed E-state index contributed by atoms with van der Waals surface area (Å²) in [6, 6.07) is 0. The lowest BCUT2D eigenvalue weighted by molar-refractivity contribution is -0.200. The maximum absolute atomic E-state index is 12.3. The van der Waals surface area contributed by atoms with Crippen LogP contribution in [0.4, 0.5) is 13.2 Å². The Kier molecular flexibility index (Phi) is 7.52. The van der Waals surface area contributed by atoms with Crippen molar-refractivity contribution in [3.8, 4) is 0 Å². The molecular formula is C29H45F3O2. The van der Waals surface area contributed by atoms with Crippen molar-refractivity contribution in [2.45, 2.75) is 111 Å². The van der Waals surface area contributed by atoms with Crippen molar-refractivity contribution in [2.24, 2.45) is 46.3 Å². The van der Waals surface area contributed by atoms with Crippen LogP contribution in [0.25, 0.3) is 0 Å². The van der Waals surface area contributed by atoms with Crippen LogP contribution in [0.15, 0.2) is 11.6 Å². The minimum Gasteiger partial charge on any atom is -0.459 e. The summed E-state index contributed by atoms with van der Waals surface area (Å²) in [4.78, 5) is 10.9. The number of carbonyl (C=O) groups is 1. The number of carbonyl (C=O) groups excluding carboxylic acids is 1. The molecule has 0 aliphatic heterocycles. The zero-order chi connectivity index (χ0) is 24.7. The fourth-order valence-corrected chi connectivity index (χ4v) is 9.05. The first-order valence-electron chi connectivity index (χ1n) is 13.9. The van der Waals surface area contributed by atoms with Crippen molar-refractivity contribution in [1.29, 1.82) is 0 Å². The minimum absolute atomic E-state index is 0.0414. The molecule has 3 fully saturated rings. The Hall–Kier alpha value is -1.00. The molecule has 0 bridgehead atoms. The van der Waals surface area contributed by atoms with Gasteiger partial charge < -0.3 is 4.74 Å². The van der Waals surface area contributed by atoms with Crippen LogP contribution in [0, 0.1) is 46.3 Å². The van der Waals surface area contributed by atoms with Crippen LogP contribution in [0.2, 0.25) is 0 Å². The average Bonchev–Trinajstić information content (AvgIpc) is 3.13. The Morgan fingerprint density at radius 1 is 1.09 bits per heavy atom. The molecule has 0 amide bonds. The average molecular weight is 483 g/mol. The molecular weight excluding hydrogens is 437 g/mol. The third kappa shape index (κ3) is 4.83. The topological polar surface area (TPSA) is 26.3 Å². The molecule has 4 rings (SSSR count). The van der Waals surface area contributed by atoms with Crippen molar-refractivity contribution in [3.05, 3.63) is 11.6 Å². The first-order valence-corrected chi connectivity index (χ1v) is 13.9. The molecule has 2 nitrogen and oxygen atoms in total. The van der Waals surface area contributed by atoms with E-state index in [4.69, 9.17) is 0 Å². The van der Waals surface area contributed by atoms with E-state index in [1.54, 1.807) is 5.57 Å². The van der Waals surface area contributed by atoms with Crippen LogP contribution in [0.3, 0.4) is 0 Å². The number of hydrogen-bond donors (Lipinski definition) is 0. The number of ether oxygens (including phenoxy) is 1. The van der Waals surface area contributed by atoms with E-state index >= 15 is 0 Å². The van der Waals surface area contributed by atoms with E-state index in [9.17, 15) is 18.0 Å². The maximum Gasteiger partial charge on any atom is 0.490 e. The molecule has 0 saturated heterocycles. The molecule has 0 N–H and O–H groups in total. The molecule has 34 heavy (non-hydrogen) atoms. The van der Waals surface area contributed by atoms with E-state index in [2.05, 4.69) is 31.6 Å². The van der Waals surface area contributed by atoms with Gasteiger partial charge in [-0.3, -0.25) is 0 Å². The van der Waals surface area contributed by atoms with Crippen LogP contribution in [0.1, 0.15) is 105 Å². The Balaban J connectivity index is 1.30. The van der Waals surface area contributed by atoms with Gasteiger partial charge in [0.25, 0.3) is 0 Å². The van der Waals surface area contributed by atoms with Crippen LogP contribution >= 0.6 is 0 Å². The summed E-state index contributed by atoms with van der Waals surface area (Å²) in [5, 5.41) is 0. The second-order valence-corrected chi connectivity index (χ2v) is 12.8. The maximum atomic E-state index is 12.3. The molecule has 8 atom stereocenters. The lowest BCUT2D eigenvalue weighted by atomic mass is 9.47. The van der Waals surface area contributed by atoms with Gasteiger partial charge in [-0.1, -0.05) is 58.6 Å². The molecule has 0 aromatic carbocycles. The van der Waals surface area contributed by atoms with E-state index in [0.29, 0.717) is 16.7 Å². The number of hydrogen-bond acceptors (Lipinski definition) is 2. The van der Waals surface area contributed by atoms with Crippen molar-refractivity contribution in [3.63, 3.8) is 0 Å². The molecule has 4 aliphatic rings. The summed E-state index contributed by atoms with van der Waals surface area (Å²) in [6.07, 6.45) is 12.9. The number of halogens is 3. The highest BCUT2D eigenvalue weighted by atomic mass is 19.4. The highest BCUT2D eigenvalue weighted by Crippen LogP contribution is 2.67. The number of esters is 1. The lowest BCUT2D eigenvalue weighted by Gasteiger charge is -2.58. The van der Waals surface area contributed by atoms with Gasteiger partial charge in [0.05, 0.1) is 6.61 Å². The number of allylic oxidation sites excluding steroid dienone is 2. The van der Waals surface area contributed by atoms with Crippen molar-refractivity contribution < 1.29 is 22.7 Å². The molecule has 3 saturated carbocycles. The fourth-order valence-electron chi connectivity index (χ4n) is 9.05. The highest BCUT2D eigenvalue weighted by molar-refractivity contribution is 5.75. The summed E-state index contributed by atoms with van der Waals surface area (Å²) < 4.78 is 41.4. The summed E-state index contributed by atoms with van der Waals surface area (Å²) in [5.41, 5.74) is 2.67. The number of fused-ring (bicyclic) bond motifs is 5. The van der Waals surface area contributed by atoms with E-state index in [-0.39, 0.29) is 12.5 Å². The van der Waals surface area contributed by atoms with Crippen molar-refractivity contribution >= 4 is 5.97 Å². The van der Waals surface area contributed by atoms with Crippen molar-refractivity contribution in [1.82, 2.24) is 0 Å². The third-order valence-corrected chi connectivity index (χ3v) is 10.9. The zero-order valence-corrected chi connectivity index (χ0v) is 21.7. The first kappa shape index (κ1) is 26.1. The van der Waals surface area contributed by atoms with Gasteiger partial charge in [-0.2, -0.15) is 13.2 Å². The molecule has 0 unspecified atom stereocenters. The van der Waals surface area contributed by atoms with E-state index in [0.717, 1.165) is 42.9 Å². The van der Waals surface area contributed by atoms with E-state index in [1.807, 2.05) is 6.92 Å². The molecule has 0 aromatic rings. The number of alkyl halides is 3. The quantitative estimate of drug-likeness (QED) is 0.268. The Labute approximate surface area is 204 Å². The van der Waals surface area contributed by atoms with Gasteiger partial charge in [-0.15, -0.1) is 0 Å². The summed E-state index contributed by atoms with van der Waals surface area (Å²) >= 11 is 0. The van der Waals surface area contributed by atoms with Gasteiger partial charge in [-0.05, 0) is 104 Å². The normalized spacial score (nSPS) is 39.3. The Morgan fingerprint density at radius 2 is 1.85 bits per heavy atom. The highest BCUT2D eigenvalue weighted by Gasteiger charge is 2.58. The molecule has 0 radical (unpaired) electrons.